The Morgan fingerprint density at radius 3 is 2.69 bits per heavy atom. The van der Waals surface area contributed by atoms with Gasteiger partial charge < -0.3 is 19.4 Å². The molecule has 0 saturated heterocycles. The number of benzene rings is 2. The molecule has 154 valence electrons. The lowest BCUT2D eigenvalue weighted by Crippen LogP contribution is -2.19. The fourth-order valence-corrected chi connectivity index (χ4v) is 3.26. The van der Waals surface area contributed by atoms with Gasteiger partial charge in [0.1, 0.15) is 23.7 Å². The van der Waals surface area contributed by atoms with E-state index in [1.165, 1.54) is 0 Å². The lowest BCUT2D eigenvalue weighted by atomic mass is 10.1. The molecule has 0 aliphatic carbocycles. The molecule has 0 bridgehead atoms. The molecule has 0 fully saturated rings. The van der Waals surface area contributed by atoms with E-state index in [1.807, 2.05) is 63.5 Å². The zero-order valence-electron chi connectivity index (χ0n) is 17.7. The summed E-state index contributed by atoms with van der Waals surface area (Å²) >= 11 is 0. The van der Waals surface area contributed by atoms with Crippen molar-refractivity contribution in [2.75, 3.05) is 32.6 Å². The van der Waals surface area contributed by atoms with Crippen LogP contribution in [0.15, 0.2) is 46.9 Å². The summed E-state index contributed by atoms with van der Waals surface area (Å²) < 4.78 is 11.8. The van der Waals surface area contributed by atoms with E-state index in [2.05, 4.69) is 17.1 Å². The van der Waals surface area contributed by atoms with Crippen LogP contribution in [-0.4, -0.2) is 38.1 Å². The Hall–Kier alpha value is -2.79. The number of ether oxygens (including phenoxy) is 1. The van der Waals surface area contributed by atoms with E-state index < -0.39 is 0 Å². The number of hydrogen-bond donors (Lipinski definition) is 1. The molecule has 2 aromatic carbocycles. The van der Waals surface area contributed by atoms with Crippen LogP contribution in [0.4, 0.5) is 5.69 Å². The van der Waals surface area contributed by atoms with Gasteiger partial charge in [0.15, 0.2) is 0 Å². The number of nitrogens with zero attached hydrogens (tertiary/aromatic N) is 1. The first-order chi connectivity index (χ1) is 14.0. The molecule has 5 heteroatoms. The Labute approximate surface area is 172 Å². The molecule has 0 radical (unpaired) electrons. The van der Waals surface area contributed by atoms with Crippen molar-refractivity contribution < 1.29 is 13.9 Å². The van der Waals surface area contributed by atoms with Gasteiger partial charge in [0, 0.05) is 24.0 Å². The van der Waals surface area contributed by atoms with Crippen LogP contribution < -0.4 is 10.1 Å². The van der Waals surface area contributed by atoms with Crippen molar-refractivity contribution in [3.05, 3.63) is 59.4 Å². The number of anilines is 1. The SMILES string of the molecule is CCCCc1oc2ccccc2c1C(=O)Nc1ccc(OCCN(C)C)cc1C. The summed E-state index contributed by atoms with van der Waals surface area (Å²) in [5.74, 6) is 1.43. The smallest absolute Gasteiger partial charge is 0.259 e. The van der Waals surface area contributed by atoms with Crippen molar-refractivity contribution in [2.45, 2.75) is 33.1 Å². The standard InChI is InChI=1S/C24H30N2O3/c1-5-6-10-22-23(19-9-7-8-11-21(19)29-22)24(27)25-20-13-12-18(16-17(20)2)28-15-14-26(3)4/h7-9,11-13,16H,5-6,10,14-15H2,1-4H3,(H,25,27). The van der Waals surface area contributed by atoms with Gasteiger partial charge in [0.25, 0.3) is 5.91 Å². The largest absolute Gasteiger partial charge is 0.492 e. The number of fused-ring (bicyclic) bond motifs is 1. The van der Waals surface area contributed by atoms with Gasteiger partial charge in [-0.2, -0.15) is 0 Å². The minimum absolute atomic E-state index is 0.134. The number of aryl methyl sites for hydroxylation is 2. The molecule has 0 saturated carbocycles. The molecule has 1 aromatic heterocycles. The quantitative estimate of drug-likeness (QED) is 0.537. The number of hydrogen-bond acceptors (Lipinski definition) is 4. The normalized spacial score (nSPS) is 11.2. The highest BCUT2D eigenvalue weighted by molar-refractivity contribution is 6.13. The van der Waals surface area contributed by atoms with Crippen LogP contribution in [0.25, 0.3) is 11.0 Å². The Balaban J connectivity index is 1.79. The monoisotopic (exact) mass is 394 g/mol. The molecule has 3 aromatic rings. The second-order valence-electron chi connectivity index (χ2n) is 7.58. The Kier molecular flexibility index (Phi) is 6.94. The molecule has 0 aliphatic rings. The van der Waals surface area contributed by atoms with Crippen molar-refractivity contribution >= 4 is 22.6 Å². The van der Waals surface area contributed by atoms with E-state index in [1.54, 1.807) is 0 Å². The molecule has 5 nitrogen and oxygen atoms in total. The predicted molar refractivity (Wildman–Crippen MR) is 118 cm³/mol. The molecule has 0 unspecified atom stereocenters. The molecule has 1 amide bonds. The van der Waals surface area contributed by atoms with E-state index in [0.717, 1.165) is 59.5 Å². The van der Waals surface area contributed by atoms with E-state index in [0.29, 0.717) is 12.2 Å². The van der Waals surface area contributed by atoms with Crippen LogP contribution in [-0.2, 0) is 6.42 Å². The topological polar surface area (TPSA) is 54.7 Å². The molecule has 0 aliphatic heterocycles. The van der Waals surface area contributed by atoms with Crippen molar-refractivity contribution in [1.82, 2.24) is 4.90 Å². The Bertz CT molecular complexity index is 975. The third-order valence-electron chi connectivity index (χ3n) is 4.91. The molecule has 1 N–H and O–H groups in total. The number of amides is 1. The molecular formula is C24H30N2O3. The van der Waals surface area contributed by atoms with Gasteiger partial charge in [0.2, 0.25) is 0 Å². The van der Waals surface area contributed by atoms with E-state index in [9.17, 15) is 4.79 Å². The summed E-state index contributed by atoms with van der Waals surface area (Å²) in [6.07, 6.45) is 2.79. The zero-order valence-corrected chi connectivity index (χ0v) is 17.7. The van der Waals surface area contributed by atoms with Gasteiger partial charge in [-0.3, -0.25) is 4.79 Å². The van der Waals surface area contributed by atoms with Gasteiger partial charge in [-0.25, -0.2) is 0 Å². The Morgan fingerprint density at radius 1 is 1.17 bits per heavy atom. The molecule has 29 heavy (non-hydrogen) atoms. The van der Waals surface area contributed by atoms with E-state index in [4.69, 9.17) is 9.15 Å². The lowest BCUT2D eigenvalue weighted by Gasteiger charge is -2.13. The second kappa shape index (κ2) is 9.61. The van der Waals surface area contributed by atoms with Crippen molar-refractivity contribution in [3.63, 3.8) is 0 Å². The molecule has 0 atom stereocenters. The highest BCUT2D eigenvalue weighted by Crippen LogP contribution is 2.29. The van der Waals surface area contributed by atoms with Gasteiger partial charge >= 0.3 is 0 Å². The molecule has 0 spiro atoms. The minimum atomic E-state index is -0.134. The first-order valence-electron chi connectivity index (χ1n) is 10.2. The maximum absolute atomic E-state index is 13.1. The zero-order chi connectivity index (χ0) is 20.8. The molecule has 3 rings (SSSR count). The maximum atomic E-state index is 13.1. The van der Waals surface area contributed by atoms with Gasteiger partial charge in [-0.05, 0) is 57.3 Å². The number of rotatable bonds is 9. The summed E-state index contributed by atoms with van der Waals surface area (Å²) in [6.45, 7) is 5.58. The number of nitrogens with one attached hydrogen (secondary N) is 1. The number of carbonyl (C=O) groups excluding carboxylic acids is 1. The molecule has 1 heterocycles. The van der Waals surface area contributed by atoms with Crippen LogP contribution in [0.5, 0.6) is 5.75 Å². The first kappa shape index (κ1) is 20.9. The van der Waals surface area contributed by atoms with Crippen molar-refractivity contribution in [2.24, 2.45) is 0 Å². The minimum Gasteiger partial charge on any atom is -0.492 e. The fourth-order valence-electron chi connectivity index (χ4n) is 3.26. The van der Waals surface area contributed by atoms with Crippen LogP contribution >= 0.6 is 0 Å². The van der Waals surface area contributed by atoms with Crippen molar-refractivity contribution in [1.29, 1.82) is 0 Å². The average molecular weight is 395 g/mol. The van der Waals surface area contributed by atoms with E-state index >= 15 is 0 Å². The Morgan fingerprint density at radius 2 is 1.97 bits per heavy atom. The highest BCUT2D eigenvalue weighted by atomic mass is 16.5. The van der Waals surface area contributed by atoms with Gasteiger partial charge in [0.05, 0.1) is 5.56 Å². The third-order valence-corrected chi connectivity index (χ3v) is 4.91. The van der Waals surface area contributed by atoms with Gasteiger partial charge in [-0.15, -0.1) is 0 Å². The van der Waals surface area contributed by atoms with Crippen LogP contribution in [0, 0.1) is 6.92 Å². The van der Waals surface area contributed by atoms with Crippen molar-refractivity contribution in [3.8, 4) is 5.75 Å². The number of likely N-dealkylation sites (N-methyl/N-ethyl adjacent to an activating group) is 1. The molecular weight excluding hydrogens is 364 g/mol. The summed E-state index contributed by atoms with van der Waals surface area (Å²) in [5.41, 5.74) is 3.13. The maximum Gasteiger partial charge on any atom is 0.259 e. The summed E-state index contributed by atoms with van der Waals surface area (Å²) in [6, 6.07) is 13.5. The fraction of sp³-hybridized carbons (Fsp3) is 0.375. The van der Waals surface area contributed by atoms with Crippen LogP contribution in [0.2, 0.25) is 0 Å². The van der Waals surface area contributed by atoms with E-state index in [-0.39, 0.29) is 5.91 Å². The van der Waals surface area contributed by atoms with Gasteiger partial charge in [-0.1, -0.05) is 31.5 Å². The van der Waals surface area contributed by atoms with Crippen LogP contribution in [0.3, 0.4) is 0 Å². The third kappa shape index (κ3) is 5.18. The average Bonchev–Trinajstić information content (AvgIpc) is 3.06. The number of para-hydroxylation sites is 1. The second-order valence-corrected chi connectivity index (χ2v) is 7.58. The summed E-state index contributed by atoms with van der Waals surface area (Å²) in [7, 11) is 4.03. The predicted octanol–water partition coefficient (Wildman–Crippen LogP) is 5.28. The number of unbranched alkanes of at least 4 members (excludes halogenated alkanes) is 1. The highest BCUT2D eigenvalue weighted by Gasteiger charge is 2.21. The number of furan rings is 1. The number of carbonyl (C=O) groups is 1. The summed E-state index contributed by atoms with van der Waals surface area (Å²) in [5, 5.41) is 3.92. The van der Waals surface area contributed by atoms with Crippen LogP contribution in [0.1, 0.15) is 41.4 Å². The summed E-state index contributed by atoms with van der Waals surface area (Å²) in [4.78, 5) is 15.2. The lowest BCUT2D eigenvalue weighted by molar-refractivity contribution is 0.102. The first-order valence-corrected chi connectivity index (χ1v) is 10.2.